The highest BCUT2D eigenvalue weighted by atomic mass is 16.4. The SMILES string of the molecule is CC(N)C(N[C@@H](C)C(=O)N1Cc2ccccc2CC1C(=O)O)C(=O)O. The molecule has 136 valence electrons. The van der Waals surface area contributed by atoms with E-state index in [4.69, 9.17) is 5.73 Å². The fourth-order valence-electron chi connectivity index (χ4n) is 3.01. The van der Waals surface area contributed by atoms with Crippen molar-refractivity contribution in [2.24, 2.45) is 5.73 Å². The van der Waals surface area contributed by atoms with Crippen molar-refractivity contribution < 1.29 is 24.6 Å². The Morgan fingerprint density at radius 2 is 1.80 bits per heavy atom. The van der Waals surface area contributed by atoms with Gasteiger partial charge in [0, 0.05) is 19.0 Å². The maximum absolute atomic E-state index is 12.8. The molecule has 5 N–H and O–H groups in total. The third-order valence-corrected chi connectivity index (χ3v) is 4.41. The van der Waals surface area contributed by atoms with Gasteiger partial charge in [0.1, 0.15) is 12.1 Å². The highest BCUT2D eigenvalue weighted by molar-refractivity contribution is 5.88. The minimum absolute atomic E-state index is 0.175. The van der Waals surface area contributed by atoms with Crippen molar-refractivity contribution in [3.63, 3.8) is 0 Å². The van der Waals surface area contributed by atoms with E-state index >= 15 is 0 Å². The first kappa shape index (κ1) is 18.9. The Balaban J connectivity index is 2.21. The van der Waals surface area contributed by atoms with Gasteiger partial charge >= 0.3 is 11.9 Å². The lowest BCUT2D eigenvalue weighted by atomic mass is 9.93. The van der Waals surface area contributed by atoms with E-state index in [1.807, 2.05) is 24.3 Å². The normalized spacial score (nSPS) is 20.3. The first-order valence-corrected chi connectivity index (χ1v) is 8.07. The molecule has 0 bridgehead atoms. The van der Waals surface area contributed by atoms with Crippen LogP contribution in [0, 0.1) is 0 Å². The van der Waals surface area contributed by atoms with Crippen molar-refractivity contribution in [2.45, 2.75) is 51.0 Å². The van der Waals surface area contributed by atoms with E-state index in [1.165, 1.54) is 18.7 Å². The number of fused-ring (bicyclic) bond motifs is 1. The average molecular weight is 349 g/mol. The van der Waals surface area contributed by atoms with Crippen LogP contribution in [-0.2, 0) is 27.3 Å². The van der Waals surface area contributed by atoms with Crippen LogP contribution in [0.3, 0.4) is 0 Å². The Bertz CT molecular complexity index is 676. The standard InChI is InChI=1S/C17H23N3O5/c1-9(18)14(17(24)25)19-10(2)15(21)20-8-12-6-4-3-5-11(12)7-13(20)16(22)23/h3-6,9-10,13-14,19H,7-8,18H2,1-2H3,(H,22,23)(H,24,25)/t9?,10-,13?,14?/m0/s1. The van der Waals surface area contributed by atoms with E-state index in [1.54, 1.807) is 0 Å². The number of carbonyl (C=O) groups is 3. The third kappa shape index (κ3) is 4.15. The largest absolute Gasteiger partial charge is 0.480 e. The second-order valence-electron chi connectivity index (χ2n) is 6.36. The van der Waals surface area contributed by atoms with Gasteiger partial charge in [-0.25, -0.2) is 4.79 Å². The summed E-state index contributed by atoms with van der Waals surface area (Å²) in [6.45, 7) is 3.22. The predicted octanol–water partition coefficient (Wildman–Crippen LogP) is -0.197. The molecule has 0 radical (unpaired) electrons. The molecule has 0 fully saturated rings. The smallest absolute Gasteiger partial charge is 0.326 e. The number of nitrogens with two attached hydrogens (primary N) is 1. The molecular formula is C17H23N3O5. The summed E-state index contributed by atoms with van der Waals surface area (Å²) in [6.07, 6.45) is 0.222. The van der Waals surface area contributed by atoms with Crippen LogP contribution in [0.2, 0.25) is 0 Å². The van der Waals surface area contributed by atoms with Crippen LogP contribution in [-0.4, -0.2) is 57.1 Å². The molecule has 4 atom stereocenters. The summed E-state index contributed by atoms with van der Waals surface area (Å²) in [5.41, 5.74) is 7.43. The Labute approximate surface area is 145 Å². The summed E-state index contributed by atoms with van der Waals surface area (Å²) in [7, 11) is 0. The molecule has 1 amide bonds. The molecule has 1 aromatic carbocycles. The van der Waals surface area contributed by atoms with Crippen LogP contribution in [0.4, 0.5) is 0 Å². The van der Waals surface area contributed by atoms with Gasteiger partial charge in [-0.05, 0) is 25.0 Å². The zero-order valence-electron chi connectivity index (χ0n) is 14.2. The van der Waals surface area contributed by atoms with Crippen LogP contribution >= 0.6 is 0 Å². The number of rotatable bonds is 6. The number of nitrogens with one attached hydrogen (secondary N) is 1. The van der Waals surface area contributed by atoms with Crippen molar-refractivity contribution in [3.05, 3.63) is 35.4 Å². The zero-order chi connectivity index (χ0) is 18.7. The molecule has 25 heavy (non-hydrogen) atoms. The van der Waals surface area contributed by atoms with Crippen LogP contribution < -0.4 is 11.1 Å². The van der Waals surface area contributed by atoms with E-state index in [9.17, 15) is 24.6 Å². The number of carbonyl (C=O) groups excluding carboxylic acids is 1. The number of hydrogen-bond donors (Lipinski definition) is 4. The number of carboxylic acid groups (broad SMARTS) is 2. The molecule has 1 aliphatic rings. The van der Waals surface area contributed by atoms with Crippen molar-refractivity contribution >= 4 is 17.8 Å². The molecule has 8 nitrogen and oxygen atoms in total. The van der Waals surface area contributed by atoms with Gasteiger partial charge in [0.05, 0.1) is 6.04 Å². The monoisotopic (exact) mass is 349 g/mol. The zero-order valence-corrected chi connectivity index (χ0v) is 14.2. The minimum atomic E-state index is -1.16. The topological polar surface area (TPSA) is 133 Å². The lowest BCUT2D eigenvalue weighted by Gasteiger charge is -2.36. The summed E-state index contributed by atoms with van der Waals surface area (Å²) in [6, 6.07) is 3.72. The Kier molecular flexibility index (Phi) is 5.76. The maximum atomic E-state index is 12.8. The van der Waals surface area contributed by atoms with Crippen LogP contribution in [0.5, 0.6) is 0 Å². The molecule has 0 aliphatic carbocycles. The second-order valence-corrected chi connectivity index (χ2v) is 6.36. The van der Waals surface area contributed by atoms with E-state index < -0.39 is 42.0 Å². The van der Waals surface area contributed by atoms with Gasteiger partial charge in [0.2, 0.25) is 5.91 Å². The van der Waals surface area contributed by atoms with Crippen LogP contribution in [0.25, 0.3) is 0 Å². The van der Waals surface area contributed by atoms with Crippen molar-refractivity contribution in [2.75, 3.05) is 0 Å². The summed E-state index contributed by atoms with van der Waals surface area (Å²) >= 11 is 0. The summed E-state index contributed by atoms with van der Waals surface area (Å²) in [5.74, 6) is -2.71. The van der Waals surface area contributed by atoms with Gasteiger partial charge in [0.15, 0.2) is 0 Å². The lowest BCUT2D eigenvalue weighted by molar-refractivity contribution is -0.152. The van der Waals surface area contributed by atoms with E-state index in [-0.39, 0.29) is 13.0 Å². The Morgan fingerprint density at radius 3 is 2.32 bits per heavy atom. The van der Waals surface area contributed by atoms with Crippen LogP contribution in [0.15, 0.2) is 24.3 Å². The molecule has 2 rings (SSSR count). The lowest BCUT2D eigenvalue weighted by Crippen LogP contribution is -2.59. The van der Waals surface area contributed by atoms with Gasteiger partial charge in [-0.3, -0.25) is 14.9 Å². The number of aliphatic carboxylic acids is 2. The van der Waals surface area contributed by atoms with Gasteiger partial charge < -0.3 is 20.8 Å². The van der Waals surface area contributed by atoms with Crippen molar-refractivity contribution in [1.29, 1.82) is 0 Å². The average Bonchev–Trinajstić information content (AvgIpc) is 2.56. The van der Waals surface area contributed by atoms with Gasteiger partial charge in [-0.1, -0.05) is 24.3 Å². The van der Waals surface area contributed by atoms with E-state index in [0.29, 0.717) is 0 Å². The fourth-order valence-corrected chi connectivity index (χ4v) is 3.01. The number of hydrogen-bond acceptors (Lipinski definition) is 5. The third-order valence-electron chi connectivity index (χ3n) is 4.41. The highest BCUT2D eigenvalue weighted by Gasteiger charge is 2.37. The molecule has 1 heterocycles. The molecular weight excluding hydrogens is 326 g/mol. The number of carboxylic acids is 2. The first-order valence-electron chi connectivity index (χ1n) is 8.07. The quantitative estimate of drug-likeness (QED) is 0.559. The van der Waals surface area contributed by atoms with E-state index in [2.05, 4.69) is 5.32 Å². The van der Waals surface area contributed by atoms with Crippen molar-refractivity contribution in [1.82, 2.24) is 10.2 Å². The van der Waals surface area contributed by atoms with Crippen LogP contribution in [0.1, 0.15) is 25.0 Å². The van der Waals surface area contributed by atoms with Gasteiger partial charge in [0.25, 0.3) is 0 Å². The van der Waals surface area contributed by atoms with Crippen molar-refractivity contribution in [3.8, 4) is 0 Å². The summed E-state index contributed by atoms with van der Waals surface area (Å²) < 4.78 is 0. The minimum Gasteiger partial charge on any atom is -0.480 e. The predicted molar refractivity (Wildman–Crippen MR) is 89.8 cm³/mol. The molecule has 0 saturated carbocycles. The summed E-state index contributed by atoms with van der Waals surface area (Å²) in [4.78, 5) is 36.9. The Hall–Kier alpha value is -2.45. The van der Waals surface area contributed by atoms with Gasteiger partial charge in [-0.15, -0.1) is 0 Å². The molecule has 1 aromatic rings. The first-order chi connectivity index (χ1) is 11.7. The maximum Gasteiger partial charge on any atom is 0.326 e. The number of nitrogens with zero attached hydrogens (tertiary/aromatic N) is 1. The number of amides is 1. The van der Waals surface area contributed by atoms with E-state index in [0.717, 1.165) is 11.1 Å². The molecule has 3 unspecified atom stereocenters. The fraction of sp³-hybridized carbons (Fsp3) is 0.471. The summed E-state index contributed by atoms with van der Waals surface area (Å²) in [5, 5.41) is 21.4. The Morgan fingerprint density at radius 1 is 1.20 bits per heavy atom. The molecule has 1 aliphatic heterocycles. The molecule has 8 heteroatoms. The molecule has 0 spiro atoms. The van der Waals surface area contributed by atoms with Gasteiger partial charge in [-0.2, -0.15) is 0 Å². The second kappa shape index (κ2) is 7.62. The molecule has 0 saturated heterocycles. The molecule has 0 aromatic heterocycles. The highest BCUT2D eigenvalue weighted by Crippen LogP contribution is 2.24. The number of benzene rings is 1.